The summed E-state index contributed by atoms with van der Waals surface area (Å²) in [5.41, 5.74) is 0.600. The zero-order valence-corrected chi connectivity index (χ0v) is 14.0. The highest BCUT2D eigenvalue weighted by Crippen LogP contribution is 2.35. The molecule has 4 rings (SSSR count). The number of nitrogens with zero attached hydrogens (tertiary/aromatic N) is 4. The fourth-order valence-electron chi connectivity index (χ4n) is 3.86. The number of rotatable bonds is 4. The molecule has 2 fully saturated rings. The molecule has 0 saturated heterocycles. The van der Waals surface area contributed by atoms with Crippen molar-refractivity contribution in [1.82, 2.24) is 24.6 Å². The molecule has 6 heteroatoms. The molecule has 23 heavy (non-hydrogen) atoms. The molecule has 0 spiro atoms. The number of aromatic nitrogens is 4. The Morgan fingerprint density at radius 3 is 2.52 bits per heavy atom. The van der Waals surface area contributed by atoms with Gasteiger partial charge in [0, 0.05) is 19.1 Å². The number of aryl methyl sites for hydroxylation is 1. The Hall–Kier alpha value is -1.69. The summed E-state index contributed by atoms with van der Waals surface area (Å²) in [5, 5.41) is 4.71. The van der Waals surface area contributed by atoms with Crippen LogP contribution in [-0.2, 0) is 13.6 Å². The van der Waals surface area contributed by atoms with E-state index in [0.717, 1.165) is 18.3 Å². The fourth-order valence-corrected chi connectivity index (χ4v) is 3.86. The number of fused-ring (bicyclic) bond motifs is 1. The molecule has 2 heterocycles. The summed E-state index contributed by atoms with van der Waals surface area (Å²) in [4.78, 5) is 22.4. The van der Waals surface area contributed by atoms with Crippen LogP contribution in [0.2, 0.25) is 0 Å². The highest BCUT2D eigenvalue weighted by molar-refractivity contribution is 5.72. The van der Waals surface area contributed by atoms with Crippen molar-refractivity contribution in [2.24, 2.45) is 13.0 Å². The van der Waals surface area contributed by atoms with Crippen LogP contribution in [0.5, 0.6) is 0 Å². The Labute approximate surface area is 135 Å². The maximum Gasteiger partial charge on any atom is 0.262 e. The minimum absolute atomic E-state index is 0.0777. The number of nitrogens with one attached hydrogen (secondary N) is 1. The van der Waals surface area contributed by atoms with E-state index in [0.29, 0.717) is 23.1 Å². The van der Waals surface area contributed by atoms with Gasteiger partial charge in [-0.2, -0.15) is 5.10 Å². The summed E-state index contributed by atoms with van der Waals surface area (Å²) in [5.74, 6) is 1.63. The summed E-state index contributed by atoms with van der Waals surface area (Å²) in [6.45, 7) is 3.10. The lowest BCUT2D eigenvalue weighted by Crippen LogP contribution is -2.39. The van der Waals surface area contributed by atoms with Gasteiger partial charge in [0.2, 0.25) is 0 Å². The number of hydrogen-bond acceptors (Lipinski definition) is 4. The molecule has 2 aliphatic rings. The number of aromatic amines is 1. The van der Waals surface area contributed by atoms with Crippen LogP contribution in [0.1, 0.15) is 51.3 Å². The Morgan fingerprint density at radius 2 is 1.87 bits per heavy atom. The Balaban J connectivity index is 1.59. The first kappa shape index (κ1) is 14.9. The fraction of sp³-hybridized carbons (Fsp3) is 0.706. The second-order valence-electron chi connectivity index (χ2n) is 7.34. The van der Waals surface area contributed by atoms with Crippen molar-refractivity contribution in [1.29, 1.82) is 0 Å². The van der Waals surface area contributed by atoms with Gasteiger partial charge in [-0.15, -0.1) is 0 Å². The standard InChI is InChI=1S/C17H25N5O/c1-11-3-5-12(6-4-11)22(13-7-8-13)10-15-19-16-14(17(23)20-15)9-18-21(16)2/h9,11-13H,3-8,10H2,1-2H3,(H,19,20,23). The summed E-state index contributed by atoms with van der Waals surface area (Å²) >= 11 is 0. The number of hydrogen-bond donors (Lipinski definition) is 1. The Morgan fingerprint density at radius 1 is 1.22 bits per heavy atom. The van der Waals surface area contributed by atoms with Crippen LogP contribution < -0.4 is 5.56 Å². The molecule has 124 valence electrons. The average molecular weight is 315 g/mol. The predicted octanol–water partition coefficient (Wildman–Crippen LogP) is 2.20. The first-order valence-corrected chi connectivity index (χ1v) is 8.78. The highest BCUT2D eigenvalue weighted by Gasteiger charge is 2.35. The van der Waals surface area contributed by atoms with Gasteiger partial charge in [0.05, 0.1) is 12.7 Å². The first-order valence-electron chi connectivity index (χ1n) is 8.78. The molecule has 0 radical (unpaired) electrons. The molecule has 2 aromatic heterocycles. The summed E-state index contributed by atoms with van der Waals surface area (Å²) < 4.78 is 1.68. The van der Waals surface area contributed by atoms with Gasteiger partial charge in [-0.25, -0.2) is 4.98 Å². The Bertz CT molecular complexity index is 752. The average Bonchev–Trinajstić information content (AvgIpc) is 3.30. The maximum absolute atomic E-state index is 12.2. The molecule has 0 unspecified atom stereocenters. The van der Waals surface area contributed by atoms with Gasteiger partial charge in [-0.05, 0) is 44.4 Å². The van der Waals surface area contributed by atoms with Crippen LogP contribution in [0.15, 0.2) is 11.0 Å². The monoisotopic (exact) mass is 315 g/mol. The van der Waals surface area contributed by atoms with E-state index in [9.17, 15) is 4.79 Å². The van der Waals surface area contributed by atoms with Gasteiger partial charge >= 0.3 is 0 Å². The molecule has 2 aliphatic carbocycles. The van der Waals surface area contributed by atoms with Crippen LogP contribution >= 0.6 is 0 Å². The molecule has 0 amide bonds. The molecule has 2 aromatic rings. The van der Waals surface area contributed by atoms with Crippen LogP contribution in [0.3, 0.4) is 0 Å². The van der Waals surface area contributed by atoms with Crippen molar-refractivity contribution in [3.05, 3.63) is 22.4 Å². The minimum atomic E-state index is -0.0777. The first-order chi connectivity index (χ1) is 11.1. The zero-order valence-electron chi connectivity index (χ0n) is 14.0. The molecule has 0 aromatic carbocycles. The molecule has 1 N–H and O–H groups in total. The second kappa shape index (κ2) is 5.74. The van der Waals surface area contributed by atoms with Crippen LogP contribution in [-0.4, -0.2) is 36.7 Å². The third-order valence-electron chi connectivity index (χ3n) is 5.45. The third kappa shape index (κ3) is 2.92. The van der Waals surface area contributed by atoms with Gasteiger partial charge in [-0.3, -0.25) is 14.4 Å². The van der Waals surface area contributed by atoms with Crippen LogP contribution in [0.25, 0.3) is 11.0 Å². The van der Waals surface area contributed by atoms with E-state index in [4.69, 9.17) is 0 Å². The SMILES string of the molecule is CC1CCC(N(Cc2nc3c(cnn3C)c(=O)[nH]2)C2CC2)CC1. The van der Waals surface area contributed by atoms with E-state index >= 15 is 0 Å². The maximum atomic E-state index is 12.2. The van der Waals surface area contributed by atoms with Gasteiger partial charge in [-0.1, -0.05) is 6.92 Å². The Kier molecular flexibility index (Phi) is 3.71. The largest absolute Gasteiger partial charge is 0.309 e. The van der Waals surface area contributed by atoms with Crippen molar-refractivity contribution in [2.45, 2.75) is 64.1 Å². The summed E-state index contributed by atoms with van der Waals surface area (Å²) in [6.07, 6.45) is 9.34. The summed E-state index contributed by atoms with van der Waals surface area (Å²) in [6, 6.07) is 1.33. The van der Waals surface area contributed by atoms with E-state index in [-0.39, 0.29) is 5.56 Å². The number of H-pyrrole nitrogens is 1. The zero-order chi connectivity index (χ0) is 16.0. The van der Waals surface area contributed by atoms with Gasteiger partial charge < -0.3 is 4.98 Å². The highest BCUT2D eigenvalue weighted by atomic mass is 16.1. The lowest BCUT2D eigenvalue weighted by Gasteiger charge is -2.36. The van der Waals surface area contributed by atoms with E-state index < -0.39 is 0 Å². The van der Waals surface area contributed by atoms with E-state index in [2.05, 4.69) is 26.9 Å². The van der Waals surface area contributed by atoms with E-state index in [1.54, 1.807) is 10.9 Å². The predicted molar refractivity (Wildman–Crippen MR) is 89.1 cm³/mol. The van der Waals surface area contributed by atoms with Crippen LogP contribution in [0.4, 0.5) is 0 Å². The topological polar surface area (TPSA) is 66.8 Å². The normalized spacial score (nSPS) is 25.3. The van der Waals surface area contributed by atoms with Crippen molar-refractivity contribution >= 4 is 11.0 Å². The molecular weight excluding hydrogens is 290 g/mol. The van der Waals surface area contributed by atoms with Crippen molar-refractivity contribution in [3.63, 3.8) is 0 Å². The van der Waals surface area contributed by atoms with Crippen molar-refractivity contribution < 1.29 is 0 Å². The molecule has 6 nitrogen and oxygen atoms in total. The van der Waals surface area contributed by atoms with Crippen molar-refractivity contribution in [3.8, 4) is 0 Å². The second-order valence-corrected chi connectivity index (χ2v) is 7.34. The van der Waals surface area contributed by atoms with Crippen LogP contribution in [0, 0.1) is 5.92 Å². The molecule has 0 atom stereocenters. The quantitative estimate of drug-likeness (QED) is 0.939. The minimum Gasteiger partial charge on any atom is -0.309 e. The van der Waals surface area contributed by atoms with E-state index in [1.807, 2.05) is 7.05 Å². The molecular formula is C17H25N5O. The smallest absolute Gasteiger partial charge is 0.262 e. The lowest BCUT2D eigenvalue weighted by molar-refractivity contribution is 0.121. The van der Waals surface area contributed by atoms with Gasteiger partial charge in [0.1, 0.15) is 11.2 Å². The lowest BCUT2D eigenvalue weighted by atomic mass is 9.86. The van der Waals surface area contributed by atoms with Gasteiger partial charge in [0.15, 0.2) is 5.65 Å². The van der Waals surface area contributed by atoms with Gasteiger partial charge in [0.25, 0.3) is 5.56 Å². The molecule has 0 aliphatic heterocycles. The third-order valence-corrected chi connectivity index (χ3v) is 5.45. The van der Waals surface area contributed by atoms with E-state index in [1.165, 1.54) is 38.5 Å². The molecule has 0 bridgehead atoms. The molecule has 2 saturated carbocycles. The summed E-state index contributed by atoms with van der Waals surface area (Å²) in [7, 11) is 1.83. The van der Waals surface area contributed by atoms with Crippen molar-refractivity contribution in [2.75, 3.05) is 0 Å².